The SMILES string of the molecule is COC(=O)N[C@H](C(=O)N1CCC[C@H]1c1ncc(-c2ccc3c(c2)C(F)(F)c2cc(-c4ccc(-c5cnc([C@@H]6CCCN6C(=O)[C@H](NC(=O)O)c6ccccc6)[nH]5)cc4)ccc2-3)[nH]1)C1CCOCC1. The highest BCUT2D eigenvalue weighted by Crippen LogP contribution is 2.53. The Bertz CT molecular complexity index is 2860. The Balaban J connectivity index is 0.834. The van der Waals surface area contributed by atoms with E-state index in [9.17, 15) is 24.3 Å². The van der Waals surface area contributed by atoms with Gasteiger partial charge in [-0.05, 0) is 90.0 Å². The maximum absolute atomic E-state index is 16.6. The normalized spacial score (nSPS) is 19.5. The van der Waals surface area contributed by atoms with Gasteiger partial charge in [0.25, 0.3) is 11.8 Å². The first kappa shape index (κ1) is 44.4. The number of amides is 4. The van der Waals surface area contributed by atoms with E-state index in [1.54, 1.807) is 76.8 Å². The fourth-order valence-electron chi connectivity index (χ4n) is 10.4. The Morgan fingerprint density at radius 1 is 0.721 bits per heavy atom. The van der Waals surface area contributed by atoms with Crippen molar-refractivity contribution in [3.63, 3.8) is 0 Å². The molecule has 6 aromatic rings. The molecular weight excluding hydrogens is 875 g/mol. The molecule has 0 saturated carbocycles. The van der Waals surface area contributed by atoms with Crippen LogP contribution >= 0.6 is 0 Å². The number of methoxy groups -OCH3 is 1. The first-order chi connectivity index (χ1) is 33.0. The molecule has 4 aliphatic rings. The molecule has 2 aromatic heterocycles. The number of aromatic amines is 2. The van der Waals surface area contributed by atoms with Gasteiger partial charge in [0.15, 0.2) is 0 Å². The number of H-pyrrole nitrogens is 2. The van der Waals surface area contributed by atoms with Gasteiger partial charge in [0, 0.05) is 43.0 Å². The molecule has 4 aromatic carbocycles. The van der Waals surface area contributed by atoms with Crippen LogP contribution < -0.4 is 10.6 Å². The van der Waals surface area contributed by atoms with E-state index >= 15 is 8.78 Å². The standard InChI is InChI=1S/C51H50F2N8O7/c1-67-50(66)59-44(32-19-23-68-24-20-32)48(63)61-22-6-10-42(61)46-55-28-40(57-46)34-16-18-36-35-17-15-33(25-37(35)51(52,53)38(36)26-34)29-11-13-30(14-12-29)39-27-54-45(56-39)41-9-5-21-60(41)47(62)43(58-49(64)65)31-7-3-2-4-8-31/h2-4,7-8,11-18,25-28,32,41-44,58H,5-6,9-10,19-24H2,1H3,(H,54,56)(H,55,57)(H,59,66)(H,64,65)/t41-,42-,43+,44-/m0/s1. The molecule has 350 valence electrons. The number of benzene rings is 4. The van der Waals surface area contributed by atoms with E-state index in [1.165, 1.54) is 13.2 Å². The molecule has 68 heavy (non-hydrogen) atoms. The molecule has 0 bridgehead atoms. The summed E-state index contributed by atoms with van der Waals surface area (Å²) in [4.78, 5) is 71.2. The zero-order valence-electron chi connectivity index (χ0n) is 37.2. The van der Waals surface area contributed by atoms with Gasteiger partial charge in [-0.25, -0.2) is 19.6 Å². The minimum Gasteiger partial charge on any atom is -0.465 e. The molecule has 0 spiro atoms. The minimum atomic E-state index is -3.29. The molecule has 15 nitrogen and oxygen atoms in total. The van der Waals surface area contributed by atoms with Crippen LogP contribution in [-0.2, 0) is 25.0 Å². The number of nitrogens with one attached hydrogen (secondary N) is 4. The maximum atomic E-state index is 16.6. The quantitative estimate of drug-likeness (QED) is 0.0845. The smallest absolute Gasteiger partial charge is 0.407 e. The molecule has 0 radical (unpaired) electrons. The second kappa shape index (κ2) is 18.4. The largest absolute Gasteiger partial charge is 0.465 e. The number of rotatable bonds is 11. The lowest BCUT2D eigenvalue weighted by atomic mass is 9.90. The van der Waals surface area contributed by atoms with Gasteiger partial charge in [0.1, 0.15) is 23.7 Å². The fraction of sp³-hybridized carbons (Fsp3) is 0.333. The highest BCUT2D eigenvalue weighted by atomic mass is 19.3. The van der Waals surface area contributed by atoms with E-state index < -0.39 is 30.2 Å². The van der Waals surface area contributed by atoms with E-state index in [1.807, 2.05) is 30.3 Å². The zero-order chi connectivity index (χ0) is 47.1. The third kappa shape index (κ3) is 8.35. The van der Waals surface area contributed by atoms with Crippen LogP contribution in [0.15, 0.2) is 103 Å². The van der Waals surface area contributed by atoms with Gasteiger partial charge in [0.05, 0.1) is 43.0 Å². The van der Waals surface area contributed by atoms with E-state index in [0.29, 0.717) is 103 Å². The monoisotopic (exact) mass is 924 g/mol. The summed E-state index contributed by atoms with van der Waals surface area (Å²) in [6, 6.07) is 23.9. The van der Waals surface area contributed by atoms with Gasteiger partial charge in [-0.2, -0.15) is 8.78 Å². The number of halogens is 2. The molecule has 3 fully saturated rings. The van der Waals surface area contributed by atoms with E-state index in [-0.39, 0.29) is 40.9 Å². The summed E-state index contributed by atoms with van der Waals surface area (Å²) >= 11 is 0. The molecule has 5 N–H and O–H groups in total. The minimum absolute atomic E-state index is 0.0850. The first-order valence-electron chi connectivity index (χ1n) is 22.9. The molecule has 10 rings (SSSR count). The second-order valence-corrected chi connectivity index (χ2v) is 17.8. The lowest BCUT2D eigenvalue weighted by Gasteiger charge is -2.34. The summed E-state index contributed by atoms with van der Waals surface area (Å²) < 4.78 is 43.5. The van der Waals surface area contributed by atoms with Crippen LogP contribution in [0, 0.1) is 5.92 Å². The molecule has 5 heterocycles. The predicted octanol–water partition coefficient (Wildman–Crippen LogP) is 8.74. The van der Waals surface area contributed by atoms with Crippen molar-refractivity contribution in [1.82, 2.24) is 40.4 Å². The number of fused-ring (bicyclic) bond motifs is 3. The van der Waals surface area contributed by atoms with Crippen LogP contribution in [0.25, 0.3) is 44.8 Å². The van der Waals surface area contributed by atoms with Crippen LogP contribution in [0.2, 0.25) is 0 Å². The number of ether oxygens (including phenoxy) is 2. The number of hydrogen-bond donors (Lipinski definition) is 5. The zero-order valence-corrected chi connectivity index (χ0v) is 37.2. The van der Waals surface area contributed by atoms with Gasteiger partial charge in [-0.3, -0.25) is 9.59 Å². The van der Waals surface area contributed by atoms with E-state index in [0.717, 1.165) is 24.0 Å². The van der Waals surface area contributed by atoms with E-state index in [4.69, 9.17) is 9.47 Å². The summed E-state index contributed by atoms with van der Waals surface area (Å²) in [6.07, 6.45) is 5.38. The Morgan fingerprint density at radius 3 is 1.87 bits per heavy atom. The van der Waals surface area contributed by atoms with Crippen molar-refractivity contribution in [3.8, 4) is 44.8 Å². The van der Waals surface area contributed by atoms with Gasteiger partial charge in [0.2, 0.25) is 5.91 Å². The Hall–Kier alpha value is -7.40. The predicted molar refractivity (Wildman–Crippen MR) is 246 cm³/mol. The number of hydrogen-bond acceptors (Lipinski definition) is 8. The average molecular weight is 925 g/mol. The van der Waals surface area contributed by atoms with Crippen LogP contribution in [-0.4, -0.2) is 98.3 Å². The highest BCUT2D eigenvalue weighted by molar-refractivity contribution is 5.88. The van der Waals surface area contributed by atoms with Gasteiger partial charge >= 0.3 is 12.2 Å². The lowest BCUT2D eigenvalue weighted by molar-refractivity contribution is -0.137. The highest BCUT2D eigenvalue weighted by Gasteiger charge is 2.45. The molecule has 4 atom stereocenters. The molecule has 3 aliphatic heterocycles. The Kier molecular flexibility index (Phi) is 12.0. The van der Waals surface area contributed by atoms with Crippen molar-refractivity contribution in [2.24, 2.45) is 5.92 Å². The van der Waals surface area contributed by atoms with Crippen molar-refractivity contribution in [2.45, 2.75) is 68.6 Å². The summed E-state index contributed by atoms with van der Waals surface area (Å²) in [6.45, 7) is 1.95. The topological polar surface area (TPSA) is 195 Å². The molecule has 17 heteroatoms. The van der Waals surface area contributed by atoms with Gasteiger partial charge in [-0.1, -0.05) is 78.9 Å². The number of carboxylic acid groups (broad SMARTS) is 1. The average Bonchev–Trinajstić information content (AvgIpc) is 4.23. The summed E-state index contributed by atoms with van der Waals surface area (Å²) in [5.74, 6) is -2.82. The number of carbonyl (C=O) groups excluding carboxylic acids is 3. The molecular formula is C51H50F2N8O7. The van der Waals surface area contributed by atoms with Crippen molar-refractivity contribution in [3.05, 3.63) is 132 Å². The Morgan fingerprint density at radius 2 is 1.26 bits per heavy atom. The summed E-state index contributed by atoms with van der Waals surface area (Å²) in [5.41, 5.74) is 5.26. The van der Waals surface area contributed by atoms with Gasteiger partial charge in [-0.15, -0.1) is 0 Å². The summed E-state index contributed by atoms with van der Waals surface area (Å²) in [5, 5.41) is 14.7. The number of alkyl halides is 2. The van der Waals surface area contributed by atoms with Crippen LogP contribution in [0.4, 0.5) is 18.4 Å². The molecule has 4 amide bonds. The number of carbonyl (C=O) groups is 4. The number of imidazole rings is 2. The van der Waals surface area contributed by atoms with Crippen molar-refractivity contribution >= 4 is 24.0 Å². The Labute approximate surface area is 390 Å². The maximum Gasteiger partial charge on any atom is 0.407 e. The van der Waals surface area contributed by atoms with Crippen molar-refractivity contribution in [1.29, 1.82) is 0 Å². The first-order valence-corrected chi connectivity index (χ1v) is 22.9. The van der Waals surface area contributed by atoms with Crippen LogP contribution in [0.5, 0.6) is 0 Å². The molecule has 0 unspecified atom stereocenters. The van der Waals surface area contributed by atoms with E-state index in [2.05, 4.69) is 30.6 Å². The lowest BCUT2D eigenvalue weighted by Crippen LogP contribution is -2.53. The number of likely N-dealkylation sites (tertiary alicyclic amines) is 2. The summed E-state index contributed by atoms with van der Waals surface area (Å²) in [7, 11) is 1.27. The third-order valence-corrected chi connectivity index (χ3v) is 13.8. The third-order valence-electron chi connectivity index (χ3n) is 13.8. The number of nitrogens with zero attached hydrogens (tertiary/aromatic N) is 4. The van der Waals surface area contributed by atoms with Crippen molar-refractivity contribution in [2.75, 3.05) is 33.4 Å². The molecule has 3 saturated heterocycles. The van der Waals surface area contributed by atoms with Gasteiger partial charge < -0.3 is 45.0 Å². The van der Waals surface area contributed by atoms with Crippen LogP contribution in [0.1, 0.15) is 85.0 Å². The number of alkyl carbamates (subject to hydrolysis) is 1. The van der Waals surface area contributed by atoms with Crippen molar-refractivity contribution < 1.29 is 42.5 Å². The van der Waals surface area contributed by atoms with Crippen LogP contribution in [0.3, 0.4) is 0 Å². The second-order valence-electron chi connectivity index (χ2n) is 17.8. The number of aromatic nitrogens is 4. The molecule has 1 aliphatic carbocycles. The fourth-order valence-corrected chi connectivity index (χ4v) is 10.4.